The van der Waals surface area contributed by atoms with Crippen molar-refractivity contribution in [3.05, 3.63) is 0 Å². The first-order chi connectivity index (χ1) is 14.2. The van der Waals surface area contributed by atoms with Crippen LogP contribution in [0.2, 0.25) is 0 Å². The Morgan fingerprint density at radius 2 is 1.39 bits per heavy atom. The molecule has 0 unspecified atom stereocenters. The largest absolute Gasteiger partial charge is 0.449 e. The van der Waals surface area contributed by atoms with E-state index in [0.29, 0.717) is 32.2 Å². The summed E-state index contributed by atoms with van der Waals surface area (Å²) < 4.78 is 41.9. The number of hydrogen-bond acceptors (Lipinski definition) is 5. The van der Waals surface area contributed by atoms with E-state index in [-0.39, 0.29) is 44.0 Å². The lowest BCUT2D eigenvalue weighted by atomic mass is 10.1. The number of alkyl halides is 3. The van der Waals surface area contributed by atoms with E-state index in [4.69, 9.17) is 4.74 Å². The van der Waals surface area contributed by atoms with Crippen molar-refractivity contribution in [2.45, 2.75) is 90.8 Å². The van der Waals surface area contributed by atoms with Crippen LogP contribution in [0.1, 0.15) is 79.1 Å². The van der Waals surface area contributed by atoms with E-state index >= 15 is 0 Å². The molecular weight excluding hydrogens is 417 g/mol. The summed E-state index contributed by atoms with van der Waals surface area (Å²) in [4.78, 5) is 47.6. The Labute approximate surface area is 182 Å². The van der Waals surface area contributed by atoms with Gasteiger partial charge < -0.3 is 19.7 Å². The molecule has 0 aliphatic carbocycles. The van der Waals surface area contributed by atoms with Crippen LogP contribution in [0, 0.1) is 0 Å². The van der Waals surface area contributed by atoms with Crippen molar-refractivity contribution in [2.24, 2.45) is 0 Å². The van der Waals surface area contributed by atoms with Gasteiger partial charge in [0, 0.05) is 38.9 Å². The quantitative estimate of drug-likeness (QED) is 0.399. The summed E-state index contributed by atoms with van der Waals surface area (Å²) in [5.41, 5.74) is -0.621. The zero-order valence-corrected chi connectivity index (χ0v) is 18.9. The van der Waals surface area contributed by atoms with Crippen molar-refractivity contribution in [3.63, 3.8) is 0 Å². The molecule has 0 saturated heterocycles. The van der Waals surface area contributed by atoms with E-state index in [9.17, 15) is 32.3 Å². The molecule has 0 aromatic heterocycles. The highest BCUT2D eigenvalue weighted by atomic mass is 19.4. The van der Waals surface area contributed by atoms with Crippen LogP contribution in [-0.2, 0) is 19.1 Å². The third kappa shape index (κ3) is 16.3. The highest BCUT2D eigenvalue weighted by Gasteiger charge is 2.37. The standard InChI is InChI=1S/C21H35F3N2O5/c1-16(27)10-5-7-14-26(15-8-6-11-17(28)21(22,23)24)18(29)12-9-13-25-19(30)31-20(2,3)4/h5-15H2,1-4H3,(H,25,30). The third-order valence-electron chi connectivity index (χ3n) is 4.19. The van der Waals surface area contributed by atoms with Gasteiger partial charge in [-0.1, -0.05) is 0 Å². The van der Waals surface area contributed by atoms with E-state index in [1.807, 2.05) is 0 Å². The van der Waals surface area contributed by atoms with Gasteiger partial charge in [-0.3, -0.25) is 9.59 Å². The van der Waals surface area contributed by atoms with Crippen LogP contribution in [0.4, 0.5) is 18.0 Å². The minimum atomic E-state index is -4.83. The molecule has 0 aromatic carbocycles. The normalized spacial score (nSPS) is 11.7. The van der Waals surface area contributed by atoms with Crippen LogP contribution in [0.3, 0.4) is 0 Å². The first-order valence-corrected chi connectivity index (χ1v) is 10.6. The molecule has 0 spiro atoms. The number of Topliss-reactive ketones (excluding diaryl/α,β-unsaturated/α-hetero) is 2. The van der Waals surface area contributed by atoms with E-state index in [1.165, 1.54) is 6.92 Å². The van der Waals surface area contributed by atoms with Crippen LogP contribution in [0.15, 0.2) is 0 Å². The summed E-state index contributed by atoms with van der Waals surface area (Å²) in [6.45, 7) is 7.58. The van der Waals surface area contributed by atoms with E-state index in [2.05, 4.69) is 5.32 Å². The molecule has 2 amide bonds. The number of ketones is 2. The molecule has 0 saturated carbocycles. The van der Waals surface area contributed by atoms with Gasteiger partial charge in [-0.25, -0.2) is 4.79 Å². The SMILES string of the molecule is CC(=O)CCCCN(CCCCC(=O)C(F)(F)F)C(=O)CCCNC(=O)OC(C)(C)C. The van der Waals surface area contributed by atoms with Crippen LogP contribution < -0.4 is 5.32 Å². The second kappa shape index (κ2) is 14.0. The number of alkyl carbamates (subject to hydrolysis) is 1. The maximum absolute atomic E-state index is 12.5. The zero-order valence-electron chi connectivity index (χ0n) is 18.9. The molecule has 0 rings (SSSR count). The third-order valence-corrected chi connectivity index (χ3v) is 4.19. The van der Waals surface area contributed by atoms with E-state index < -0.39 is 30.1 Å². The Morgan fingerprint density at radius 3 is 1.87 bits per heavy atom. The van der Waals surface area contributed by atoms with Gasteiger partial charge in [-0.15, -0.1) is 0 Å². The molecule has 0 fully saturated rings. The van der Waals surface area contributed by atoms with Crippen LogP contribution in [-0.4, -0.2) is 59.9 Å². The van der Waals surface area contributed by atoms with Gasteiger partial charge in [0.15, 0.2) is 0 Å². The molecule has 1 N–H and O–H groups in total. The maximum atomic E-state index is 12.5. The Balaban J connectivity index is 4.45. The molecule has 0 aromatic rings. The monoisotopic (exact) mass is 452 g/mol. The lowest BCUT2D eigenvalue weighted by molar-refractivity contribution is -0.171. The van der Waals surface area contributed by atoms with Crippen LogP contribution in [0.25, 0.3) is 0 Å². The fraction of sp³-hybridized carbons (Fsp3) is 0.810. The number of carbonyl (C=O) groups excluding carboxylic acids is 4. The zero-order chi connectivity index (χ0) is 24.1. The van der Waals surface area contributed by atoms with Gasteiger partial charge >= 0.3 is 12.3 Å². The Kier molecular flexibility index (Phi) is 13.1. The summed E-state index contributed by atoms with van der Waals surface area (Å²) in [5.74, 6) is -1.90. The Bertz CT molecular complexity index is 601. The summed E-state index contributed by atoms with van der Waals surface area (Å²) in [6, 6.07) is 0. The van der Waals surface area contributed by atoms with Gasteiger partial charge in [0.25, 0.3) is 0 Å². The molecule has 0 aliphatic rings. The number of rotatable bonds is 14. The van der Waals surface area contributed by atoms with Crippen LogP contribution >= 0.6 is 0 Å². The van der Waals surface area contributed by atoms with Crippen molar-refractivity contribution in [3.8, 4) is 0 Å². The smallest absolute Gasteiger partial charge is 0.444 e. The second-order valence-electron chi connectivity index (χ2n) is 8.45. The van der Waals surface area contributed by atoms with Crippen LogP contribution in [0.5, 0.6) is 0 Å². The minimum absolute atomic E-state index is 0.0375. The molecule has 180 valence electrons. The number of unbranched alkanes of at least 4 members (excludes halogenated alkanes) is 2. The summed E-state index contributed by atoms with van der Waals surface area (Å²) in [5, 5.41) is 2.56. The molecule has 0 heterocycles. The lowest BCUT2D eigenvalue weighted by Crippen LogP contribution is -2.35. The molecule has 0 aliphatic heterocycles. The highest BCUT2D eigenvalue weighted by molar-refractivity contribution is 5.83. The van der Waals surface area contributed by atoms with Crippen molar-refractivity contribution >= 4 is 23.6 Å². The van der Waals surface area contributed by atoms with E-state index in [1.54, 1.807) is 25.7 Å². The maximum Gasteiger partial charge on any atom is 0.449 e. The average molecular weight is 453 g/mol. The topological polar surface area (TPSA) is 92.8 Å². The summed E-state index contributed by atoms with van der Waals surface area (Å²) >= 11 is 0. The molecule has 0 atom stereocenters. The minimum Gasteiger partial charge on any atom is -0.444 e. The average Bonchev–Trinajstić information content (AvgIpc) is 2.60. The fourth-order valence-electron chi connectivity index (χ4n) is 2.67. The molecule has 31 heavy (non-hydrogen) atoms. The van der Waals surface area contributed by atoms with Crippen molar-refractivity contribution in [1.82, 2.24) is 10.2 Å². The number of carbonyl (C=O) groups is 4. The lowest BCUT2D eigenvalue weighted by Gasteiger charge is -2.23. The number of hydrogen-bond donors (Lipinski definition) is 1. The summed E-state index contributed by atoms with van der Waals surface area (Å²) in [6.07, 6.45) is -3.53. The van der Waals surface area contributed by atoms with Crippen molar-refractivity contribution in [2.75, 3.05) is 19.6 Å². The number of nitrogens with zero attached hydrogens (tertiary/aromatic N) is 1. The van der Waals surface area contributed by atoms with Gasteiger partial charge in [-0.05, 0) is 59.8 Å². The van der Waals surface area contributed by atoms with Gasteiger partial charge in [0.2, 0.25) is 11.7 Å². The predicted molar refractivity (Wildman–Crippen MR) is 109 cm³/mol. The predicted octanol–water partition coefficient (Wildman–Crippen LogP) is 4.18. The molecule has 0 bridgehead atoms. The number of ether oxygens (including phenoxy) is 1. The highest BCUT2D eigenvalue weighted by Crippen LogP contribution is 2.19. The summed E-state index contributed by atoms with van der Waals surface area (Å²) in [7, 11) is 0. The molecule has 7 nitrogen and oxygen atoms in total. The molecular formula is C21H35F3N2O5. The van der Waals surface area contributed by atoms with Gasteiger partial charge in [-0.2, -0.15) is 13.2 Å². The Hall–Kier alpha value is -2.13. The molecule has 0 radical (unpaired) electrons. The first-order valence-electron chi connectivity index (χ1n) is 10.6. The van der Waals surface area contributed by atoms with E-state index in [0.717, 1.165) is 0 Å². The van der Waals surface area contributed by atoms with Crippen molar-refractivity contribution < 1.29 is 37.1 Å². The fourth-order valence-corrected chi connectivity index (χ4v) is 2.67. The van der Waals surface area contributed by atoms with Crippen molar-refractivity contribution in [1.29, 1.82) is 0 Å². The molecule has 10 heteroatoms. The first kappa shape index (κ1) is 28.9. The number of halogens is 3. The number of nitrogens with one attached hydrogen (secondary N) is 1. The second-order valence-corrected chi connectivity index (χ2v) is 8.45. The van der Waals surface area contributed by atoms with Gasteiger partial charge in [0.05, 0.1) is 0 Å². The van der Waals surface area contributed by atoms with Gasteiger partial charge in [0.1, 0.15) is 11.4 Å². The number of amides is 2. The Morgan fingerprint density at radius 1 is 0.839 bits per heavy atom.